The zero-order chi connectivity index (χ0) is 14.3. The minimum absolute atomic E-state index is 0.210. The average molecular weight is 379 g/mol. The second-order valence-corrected chi connectivity index (χ2v) is 9.88. The standard InChI is InChI=1S/C13H19BrN2O2S2/c14-13-12(7-10(8-15)19-13)20(17,18)16-6-5-9-3-1-2-4-11(9)16/h7,9,11H,1-6,8,15H2. The Labute approximate surface area is 132 Å². The molecule has 1 aromatic heterocycles. The molecule has 1 saturated heterocycles. The van der Waals surface area contributed by atoms with Gasteiger partial charge in [0.25, 0.3) is 0 Å². The number of hydrogen-bond acceptors (Lipinski definition) is 4. The summed E-state index contributed by atoms with van der Waals surface area (Å²) in [6.07, 6.45) is 5.58. The van der Waals surface area contributed by atoms with Crippen LogP contribution < -0.4 is 5.73 Å². The van der Waals surface area contributed by atoms with E-state index in [1.165, 1.54) is 24.2 Å². The Hall–Kier alpha value is 0.0500. The van der Waals surface area contributed by atoms with Gasteiger partial charge in [0, 0.05) is 24.0 Å². The van der Waals surface area contributed by atoms with Crippen LogP contribution in [0.2, 0.25) is 0 Å². The van der Waals surface area contributed by atoms with Gasteiger partial charge in [-0.3, -0.25) is 0 Å². The quantitative estimate of drug-likeness (QED) is 0.878. The van der Waals surface area contributed by atoms with Crippen molar-refractivity contribution in [1.82, 2.24) is 4.31 Å². The molecule has 1 aliphatic carbocycles. The van der Waals surface area contributed by atoms with Crippen LogP contribution in [-0.4, -0.2) is 25.3 Å². The van der Waals surface area contributed by atoms with E-state index in [-0.39, 0.29) is 6.04 Å². The van der Waals surface area contributed by atoms with Crippen LogP contribution in [0, 0.1) is 5.92 Å². The number of halogens is 1. The number of nitrogens with zero attached hydrogens (tertiary/aromatic N) is 1. The highest BCUT2D eigenvalue weighted by molar-refractivity contribution is 9.11. The highest BCUT2D eigenvalue weighted by Gasteiger charge is 2.43. The van der Waals surface area contributed by atoms with E-state index in [0.717, 1.165) is 24.1 Å². The van der Waals surface area contributed by atoms with Gasteiger partial charge in [-0.05, 0) is 47.2 Å². The summed E-state index contributed by atoms with van der Waals surface area (Å²) in [5.41, 5.74) is 5.62. The van der Waals surface area contributed by atoms with Crippen molar-refractivity contribution in [2.75, 3.05) is 6.54 Å². The monoisotopic (exact) mass is 378 g/mol. The molecular weight excluding hydrogens is 360 g/mol. The van der Waals surface area contributed by atoms with Crippen LogP contribution in [-0.2, 0) is 16.6 Å². The molecule has 0 radical (unpaired) electrons. The van der Waals surface area contributed by atoms with Crippen molar-refractivity contribution in [2.24, 2.45) is 11.7 Å². The highest BCUT2D eigenvalue weighted by atomic mass is 79.9. The van der Waals surface area contributed by atoms with Crippen molar-refractivity contribution in [2.45, 2.75) is 49.6 Å². The maximum Gasteiger partial charge on any atom is 0.245 e. The van der Waals surface area contributed by atoms with Crippen molar-refractivity contribution in [3.05, 3.63) is 14.7 Å². The lowest BCUT2D eigenvalue weighted by molar-refractivity contribution is 0.260. The Morgan fingerprint density at radius 1 is 1.35 bits per heavy atom. The minimum atomic E-state index is -3.39. The molecule has 0 bridgehead atoms. The zero-order valence-electron chi connectivity index (χ0n) is 11.2. The van der Waals surface area contributed by atoms with Gasteiger partial charge in [0.1, 0.15) is 4.90 Å². The van der Waals surface area contributed by atoms with Gasteiger partial charge in [0.2, 0.25) is 10.0 Å². The molecule has 3 rings (SSSR count). The largest absolute Gasteiger partial charge is 0.326 e. The molecule has 1 saturated carbocycles. The molecule has 2 atom stereocenters. The fourth-order valence-electron chi connectivity index (χ4n) is 3.46. The minimum Gasteiger partial charge on any atom is -0.326 e. The second kappa shape index (κ2) is 5.68. The van der Waals surface area contributed by atoms with Crippen LogP contribution in [0.5, 0.6) is 0 Å². The first-order chi connectivity index (χ1) is 9.54. The number of fused-ring (bicyclic) bond motifs is 1. The van der Waals surface area contributed by atoms with E-state index in [2.05, 4.69) is 15.9 Å². The Bertz CT molecular complexity index is 600. The van der Waals surface area contributed by atoms with E-state index in [9.17, 15) is 8.42 Å². The molecule has 2 unspecified atom stereocenters. The summed E-state index contributed by atoms with van der Waals surface area (Å²) in [4.78, 5) is 1.30. The predicted octanol–water partition coefficient (Wildman–Crippen LogP) is 2.92. The van der Waals surface area contributed by atoms with Gasteiger partial charge in [0.05, 0.1) is 3.79 Å². The van der Waals surface area contributed by atoms with E-state index < -0.39 is 10.0 Å². The average Bonchev–Trinajstić information content (AvgIpc) is 3.02. The maximum absolute atomic E-state index is 12.9. The summed E-state index contributed by atoms with van der Waals surface area (Å²) >= 11 is 4.80. The lowest BCUT2D eigenvalue weighted by Gasteiger charge is -2.30. The fourth-order valence-corrected chi connectivity index (χ4v) is 7.71. The number of thiophene rings is 1. The third kappa shape index (κ3) is 2.47. The lowest BCUT2D eigenvalue weighted by atomic mass is 9.86. The first-order valence-electron chi connectivity index (χ1n) is 7.04. The molecule has 0 amide bonds. The van der Waals surface area contributed by atoms with Gasteiger partial charge in [-0.2, -0.15) is 4.31 Å². The van der Waals surface area contributed by atoms with E-state index in [1.54, 1.807) is 10.4 Å². The van der Waals surface area contributed by atoms with Crippen molar-refractivity contribution >= 4 is 37.3 Å². The van der Waals surface area contributed by atoms with Gasteiger partial charge in [-0.1, -0.05) is 12.8 Å². The molecule has 0 aromatic carbocycles. The van der Waals surface area contributed by atoms with Gasteiger partial charge >= 0.3 is 0 Å². The van der Waals surface area contributed by atoms with Crippen molar-refractivity contribution in [1.29, 1.82) is 0 Å². The van der Waals surface area contributed by atoms with Crippen molar-refractivity contribution in [3.8, 4) is 0 Å². The van der Waals surface area contributed by atoms with Crippen molar-refractivity contribution < 1.29 is 8.42 Å². The van der Waals surface area contributed by atoms with Gasteiger partial charge in [-0.25, -0.2) is 8.42 Å². The Morgan fingerprint density at radius 2 is 2.10 bits per heavy atom. The highest BCUT2D eigenvalue weighted by Crippen LogP contribution is 2.41. The molecule has 20 heavy (non-hydrogen) atoms. The molecule has 1 aromatic rings. The van der Waals surface area contributed by atoms with Gasteiger partial charge in [-0.15, -0.1) is 11.3 Å². The first-order valence-corrected chi connectivity index (χ1v) is 10.1. The Morgan fingerprint density at radius 3 is 2.80 bits per heavy atom. The fraction of sp³-hybridized carbons (Fsp3) is 0.692. The summed E-state index contributed by atoms with van der Waals surface area (Å²) in [5.74, 6) is 0.560. The van der Waals surface area contributed by atoms with Crippen LogP contribution in [0.4, 0.5) is 0 Å². The topological polar surface area (TPSA) is 63.4 Å². The van der Waals surface area contributed by atoms with Gasteiger partial charge < -0.3 is 5.73 Å². The van der Waals surface area contributed by atoms with E-state index in [4.69, 9.17) is 5.73 Å². The zero-order valence-corrected chi connectivity index (χ0v) is 14.4. The Kier molecular flexibility index (Phi) is 4.25. The van der Waals surface area contributed by atoms with E-state index >= 15 is 0 Å². The molecule has 112 valence electrons. The summed E-state index contributed by atoms with van der Waals surface area (Å²) in [5, 5.41) is 0. The van der Waals surface area contributed by atoms with Crippen LogP contribution in [0.15, 0.2) is 14.7 Å². The summed E-state index contributed by atoms with van der Waals surface area (Å²) in [7, 11) is -3.39. The molecular formula is C13H19BrN2O2S2. The van der Waals surface area contributed by atoms with Crippen LogP contribution >= 0.6 is 27.3 Å². The molecule has 4 nitrogen and oxygen atoms in total. The van der Waals surface area contributed by atoms with Gasteiger partial charge in [0.15, 0.2) is 0 Å². The molecule has 2 N–H and O–H groups in total. The summed E-state index contributed by atoms with van der Waals surface area (Å²) in [6, 6.07) is 1.93. The molecule has 7 heteroatoms. The van der Waals surface area contributed by atoms with Crippen LogP contribution in [0.1, 0.15) is 37.0 Å². The normalized spacial score (nSPS) is 27.7. The SMILES string of the molecule is NCc1cc(S(=O)(=O)N2CCC3CCCCC32)c(Br)s1. The number of hydrogen-bond donors (Lipinski definition) is 1. The molecule has 1 aliphatic heterocycles. The van der Waals surface area contributed by atoms with E-state index in [1.807, 2.05) is 0 Å². The summed E-state index contributed by atoms with van der Waals surface area (Å²) in [6.45, 7) is 1.04. The molecule has 0 spiro atoms. The van der Waals surface area contributed by atoms with Crippen LogP contribution in [0.3, 0.4) is 0 Å². The number of rotatable bonds is 3. The number of sulfonamides is 1. The van der Waals surface area contributed by atoms with E-state index in [0.29, 0.717) is 27.7 Å². The summed E-state index contributed by atoms with van der Waals surface area (Å²) < 4.78 is 28.2. The third-order valence-corrected chi connectivity index (χ3v) is 8.65. The van der Waals surface area contributed by atoms with Crippen LogP contribution in [0.25, 0.3) is 0 Å². The molecule has 2 heterocycles. The molecule has 2 aliphatic rings. The maximum atomic E-state index is 12.9. The number of nitrogens with two attached hydrogens (primary N) is 1. The lowest BCUT2D eigenvalue weighted by Crippen LogP contribution is -2.39. The first kappa shape index (κ1) is 15.0. The molecule has 2 fully saturated rings. The van der Waals surface area contributed by atoms with Crippen molar-refractivity contribution in [3.63, 3.8) is 0 Å². The third-order valence-electron chi connectivity index (χ3n) is 4.45. The Balaban J connectivity index is 1.93. The smallest absolute Gasteiger partial charge is 0.245 e. The second-order valence-electron chi connectivity index (χ2n) is 5.57. The predicted molar refractivity (Wildman–Crippen MR) is 84.2 cm³/mol.